The van der Waals surface area contributed by atoms with Gasteiger partial charge in [-0.25, -0.2) is 5.01 Å². The zero-order valence-electron chi connectivity index (χ0n) is 18.3. The monoisotopic (exact) mass is 420 g/mol. The molecule has 0 radical (unpaired) electrons. The molecule has 0 N–H and O–H groups in total. The highest BCUT2D eigenvalue weighted by Crippen LogP contribution is 2.26. The van der Waals surface area contributed by atoms with Gasteiger partial charge in [0.25, 0.3) is 5.91 Å². The molecule has 2 aromatic carbocycles. The first kappa shape index (κ1) is 20.9. The van der Waals surface area contributed by atoms with Gasteiger partial charge in [0.05, 0.1) is 12.8 Å². The van der Waals surface area contributed by atoms with Crippen LogP contribution in [0.2, 0.25) is 0 Å². The Bertz CT molecular complexity index is 1010. The summed E-state index contributed by atoms with van der Waals surface area (Å²) in [6.07, 6.45) is 0.682. The molecule has 2 aliphatic heterocycles. The Morgan fingerprint density at radius 1 is 0.968 bits per heavy atom. The third-order valence-electron chi connectivity index (χ3n) is 5.88. The Morgan fingerprint density at radius 2 is 1.68 bits per heavy atom. The van der Waals surface area contributed by atoms with E-state index in [0.717, 1.165) is 41.3 Å². The molecule has 2 amide bonds. The lowest BCUT2D eigenvalue weighted by atomic mass is 10.1. The number of aryl methyl sites for hydroxylation is 2. The highest BCUT2D eigenvalue weighted by Gasteiger charge is 2.30. The van der Waals surface area contributed by atoms with E-state index in [9.17, 15) is 9.59 Å². The minimum atomic E-state index is -0.0745. The molecule has 7 nitrogen and oxygen atoms in total. The molecule has 0 saturated carbocycles. The molecular weight excluding hydrogens is 392 g/mol. The van der Waals surface area contributed by atoms with Gasteiger partial charge in [0.2, 0.25) is 5.91 Å². The lowest BCUT2D eigenvalue weighted by molar-refractivity contribution is -0.124. The van der Waals surface area contributed by atoms with Gasteiger partial charge < -0.3 is 14.5 Å². The van der Waals surface area contributed by atoms with Crippen LogP contribution in [0.1, 0.15) is 24.0 Å². The van der Waals surface area contributed by atoms with Crippen molar-refractivity contribution in [3.05, 3.63) is 53.6 Å². The second-order valence-corrected chi connectivity index (χ2v) is 8.02. The van der Waals surface area contributed by atoms with Crippen LogP contribution in [-0.4, -0.2) is 55.7 Å². The third-order valence-corrected chi connectivity index (χ3v) is 5.88. The van der Waals surface area contributed by atoms with Crippen LogP contribution in [-0.2, 0) is 9.59 Å². The van der Waals surface area contributed by atoms with Crippen molar-refractivity contribution in [2.45, 2.75) is 26.7 Å². The van der Waals surface area contributed by atoms with Crippen LogP contribution >= 0.6 is 0 Å². The number of rotatable bonds is 4. The van der Waals surface area contributed by atoms with E-state index in [1.165, 1.54) is 5.01 Å². The molecule has 1 saturated heterocycles. The number of hydrogen-bond acceptors (Lipinski definition) is 5. The topological polar surface area (TPSA) is 65.5 Å². The molecule has 2 heterocycles. The summed E-state index contributed by atoms with van der Waals surface area (Å²) in [4.78, 5) is 29.8. The number of carbonyl (C=O) groups is 2. The molecule has 1 fully saturated rings. The molecule has 0 unspecified atom stereocenters. The zero-order valence-corrected chi connectivity index (χ0v) is 18.3. The van der Waals surface area contributed by atoms with Crippen molar-refractivity contribution in [1.29, 1.82) is 0 Å². The summed E-state index contributed by atoms with van der Waals surface area (Å²) in [5.74, 6) is 0.683. The fourth-order valence-electron chi connectivity index (χ4n) is 3.99. The smallest absolute Gasteiger partial charge is 0.270 e. The lowest BCUT2D eigenvalue weighted by Crippen LogP contribution is -2.51. The molecule has 0 atom stereocenters. The number of carbonyl (C=O) groups excluding carboxylic acids is 2. The number of anilines is 2. The number of benzene rings is 2. The maximum atomic E-state index is 13.1. The zero-order chi connectivity index (χ0) is 22.0. The normalized spacial score (nSPS) is 16.9. The Kier molecular flexibility index (Phi) is 5.93. The number of hydrogen-bond donors (Lipinski definition) is 0. The minimum Gasteiger partial charge on any atom is -0.497 e. The fourth-order valence-corrected chi connectivity index (χ4v) is 3.99. The van der Waals surface area contributed by atoms with Crippen molar-refractivity contribution in [3.63, 3.8) is 0 Å². The van der Waals surface area contributed by atoms with Gasteiger partial charge in [-0.1, -0.05) is 12.1 Å². The van der Waals surface area contributed by atoms with Crippen LogP contribution in [0.4, 0.5) is 11.4 Å². The molecule has 0 aliphatic carbocycles. The van der Waals surface area contributed by atoms with Crippen molar-refractivity contribution in [3.8, 4) is 5.75 Å². The van der Waals surface area contributed by atoms with Crippen molar-refractivity contribution in [2.75, 3.05) is 43.2 Å². The fraction of sp³-hybridized carbons (Fsp3) is 0.375. The first-order valence-electron chi connectivity index (χ1n) is 10.6. The van der Waals surface area contributed by atoms with Gasteiger partial charge in [-0.3, -0.25) is 9.59 Å². The predicted octanol–water partition coefficient (Wildman–Crippen LogP) is 3.14. The van der Waals surface area contributed by atoms with Crippen molar-refractivity contribution >= 4 is 28.9 Å². The van der Waals surface area contributed by atoms with Crippen LogP contribution in [0.25, 0.3) is 0 Å². The number of methoxy groups -OCH3 is 1. The SMILES string of the molecule is COc1ccc(N2CCN(C(=O)C3=NN(c4cc(C)ccc4C)C(=O)CC3)CC2)cc1. The van der Waals surface area contributed by atoms with E-state index in [1.807, 2.05) is 61.2 Å². The Labute approximate surface area is 182 Å². The van der Waals surface area contributed by atoms with Crippen LogP contribution in [0.5, 0.6) is 5.75 Å². The average Bonchev–Trinajstić information content (AvgIpc) is 2.81. The van der Waals surface area contributed by atoms with Gasteiger partial charge in [0.15, 0.2) is 0 Å². The second kappa shape index (κ2) is 8.79. The van der Waals surface area contributed by atoms with E-state index >= 15 is 0 Å². The Balaban J connectivity index is 1.45. The van der Waals surface area contributed by atoms with Crippen LogP contribution in [0.15, 0.2) is 47.6 Å². The van der Waals surface area contributed by atoms with Gasteiger partial charge in [-0.2, -0.15) is 5.10 Å². The summed E-state index contributed by atoms with van der Waals surface area (Å²) in [5, 5.41) is 5.90. The first-order chi connectivity index (χ1) is 15.0. The van der Waals surface area contributed by atoms with E-state index in [0.29, 0.717) is 31.6 Å². The summed E-state index contributed by atoms with van der Waals surface area (Å²) in [7, 11) is 1.66. The lowest BCUT2D eigenvalue weighted by Gasteiger charge is -2.37. The number of ether oxygens (including phenoxy) is 1. The number of piperazine rings is 1. The molecule has 0 aromatic heterocycles. The van der Waals surface area contributed by atoms with Crippen LogP contribution in [0.3, 0.4) is 0 Å². The second-order valence-electron chi connectivity index (χ2n) is 8.02. The average molecular weight is 421 g/mol. The van der Waals surface area contributed by atoms with E-state index in [2.05, 4.69) is 10.0 Å². The summed E-state index contributed by atoms with van der Waals surface area (Å²) in [5.41, 5.74) is 4.34. The van der Waals surface area contributed by atoms with Gasteiger partial charge in [-0.15, -0.1) is 0 Å². The molecule has 4 rings (SSSR count). The third kappa shape index (κ3) is 4.40. The maximum absolute atomic E-state index is 13.1. The molecule has 162 valence electrons. The van der Waals surface area contributed by atoms with Gasteiger partial charge >= 0.3 is 0 Å². The van der Waals surface area contributed by atoms with Crippen LogP contribution < -0.4 is 14.6 Å². The van der Waals surface area contributed by atoms with E-state index < -0.39 is 0 Å². The van der Waals surface area contributed by atoms with Gasteiger partial charge in [0.1, 0.15) is 11.5 Å². The number of hydrazone groups is 1. The van der Waals surface area contributed by atoms with Gasteiger partial charge in [-0.05, 0) is 55.3 Å². The van der Waals surface area contributed by atoms with Crippen molar-refractivity contribution in [2.24, 2.45) is 5.10 Å². The number of nitrogens with zero attached hydrogens (tertiary/aromatic N) is 4. The highest BCUT2D eigenvalue weighted by atomic mass is 16.5. The molecular formula is C24H28N4O3. The van der Waals surface area contributed by atoms with E-state index in [1.54, 1.807) is 7.11 Å². The van der Waals surface area contributed by atoms with E-state index in [-0.39, 0.29) is 11.8 Å². The first-order valence-corrected chi connectivity index (χ1v) is 10.6. The standard InChI is InChI=1S/C24H28N4O3/c1-17-4-5-18(2)22(16-17)28-23(29)11-10-21(25-28)24(30)27-14-12-26(13-15-27)19-6-8-20(31-3)9-7-19/h4-9,16H,10-15H2,1-3H3. The molecule has 2 aliphatic rings. The quantitative estimate of drug-likeness (QED) is 0.762. The molecule has 0 spiro atoms. The minimum absolute atomic E-state index is 0.0720. The van der Waals surface area contributed by atoms with Crippen molar-refractivity contribution < 1.29 is 14.3 Å². The highest BCUT2D eigenvalue weighted by molar-refractivity contribution is 6.40. The number of amides is 2. The summed E-state index contributed by atoms with van der Waals surface area (Å²) in [6, 6.07) is 13.9. The predicted molar refractivity (Wildman–Crippen MR) is 122 cm³/mol. The van der Waals surface area contributed by atoms with Gasteiger partial charge in [0, 0.05) is 44.7 Å². The molecule has 2 aromatic rings. The van der Waals surface area contributed by atoms with E-state index in [4.69, 9.17) is 4.74 Å². The Hall–Kier alpha value is -3.35. The maximum Gasteiger partial charge on any atom is 0.270 e. The van der Waals surface area contributed by atoms with Crippen molar-refractivity contribution in [1.82, 2.24) is 4.90 Å². The molecule has 7 heteroatoms. The molecule has 31 heavy (non-hydrogen) atoms. The van der Waals surface area contributed by atoms with Crippen LogP contribution in [0, 0.1) is 13.8 Å². The Morgan fingerprint density at radius 3 is 2.35 bits per heavy atom. The summed E-state index contributed by atoms with van der Waals surface area (Å²) in [6.45, 7) is 6.69. The summed E-state index contributed by atoms with van der Waals surface area (Å²) >= 11 is 0. The molecule has 0 bridgehead atoms. The largest absolute Gasteiger partial charge is 0.497 e. The summed E-state index contributed by atoms with van der Waals surface area (Å²) < 4.78 is 5.22.